The molecule has 0 aromatic carbocycles. The van der Waals surface area contributed by atoms with Gasteiger partial charge in [0.1, 0.15) is 0 Å². The summed E-state index contributed by atoms with van der Waals surface area (Å²) in [5, 5.41) is 0. The molecular formula is C8H15NS. The summed E-state index contributed by atoms with van der Waals surface area (Å²) in [5.41, 5.74) is 2.42. The van der Waals surface area contributed by atoms with Gasteiger partial charge in [-0.3, -0.25) is 4.99 Å². The Labute approximate surface area is 67.3 Å². The standard InChI is InChI=1S/C8H15NS/c1-8(2,3)4-7-5-10-6-9-7/h6-7H,4-5H2,1-3H3. The van der Waals surface area contributed by atoms with Gasteiger partial charge >= 0.3 is 0 Å². The van der Waals surface area contributed by atoms with E-state index in [1.807, 2.05) is 17.3 Å². The lowest BCUT2D eigenvalue weighted by molar-refractivity contribution is 0.353. The average Bonchev–Trinajstić information content (AvgIpc) is 2.12. The second-order valence-corrected chi connectivity index (χ2v) is 4.88. The van der Waals surface area contributed by atoms with Crippen LogP contribution in [0, 0.1) is 5.41 Å². The monoisotopic (exact) mass is 157 g/mol. The van der Waals surface area contributed by atoms with E-state index >= 15 is 0 Å². The molecule has 1 heterocycles. The zero-order valence-corrected chi connectivity index (χ0v) is 7.74. The van der Waals surface area contributed by atoms with Gasteiger partial charge in [-0.15, -0.1) is 11.8 Å². The second kappa shape index (κ2) is 2.95. The predicted molar refractivity (Wildman–Crippen MR) is 48.8 cm³/mol. The Balaban J connectivity index is 2.31. The number of thioether (sulfide) groups is 1. The van der Waals surface area contributed by atoms with E-state index in [1.165, 1.54) is 12.2 Å². The molecule has 1 aliphatic rings. The van der Waals surface area contributed by atoms with Crippen LogP contribution in [-0.2, 0) is 0 Å². The number of aliphatic imine (C=N–C) groups is 1. The first-order valence-electron chi connectivity index (χ1n) is 3.71. The van der Waals surface area contributed by atoms with Crippen LogP contribution in [0.1, 0.15) is 27.2 Å². The van der Waals surface area contributed by atoms with Crippen molar-refractivity contribution in [1.82, 2.24) is 0 Å². The van der Waals surface area contributed by atoms with Crippen molar-refractivity contribution in [3.8, 4) is 0 Å². The molecule has 2 heteroatoms. The molecule has 58 valence electrons. The zero-order chi connectivity index (χ0) is 7.61. The van der Waals surface area contributed by atoms with Crippen LogP contribution in [0.5, 0.6) is 0 Å². The minimum absolute atomic E-state index is 0.437. The van der Waals surface area contributed by atoms with Gasteiger partial charge in [0.05, 0.1) is 11.6 Å². The molecule has 0 radical (unpaired) electrons. The fourth-order valence-corrected chi connectivity index (χ4v) is 1.92. The highest BCUT2D eigenvalue weighted by molar-refractivity contribution is 8.12. The summed E-state index contributed by atoms with van der Waals surface area (Å²) in [7, 11) is 0. The fraction of sp³-hybridized carbons (Fsp3) is 0.875. The molecule has 0 saturated heterocycles. The number of rotatable bonds is 1. The second-order valence-electron chi connectivity index (χ2n) is 4.01. The van der Waals surface area contributed by atoms with E-state index in [9.17, 15) is 0 Å². The van der Waals surface area contributed by atoms with Gasteiger partial charge in [0, 0.05) is 5.75 Å². The van der Waals surface area contributed by atoms with Crippen molar-refractivity contribution < 1.29 is 0 Å². The SMILES string of the molecule is CC(C)(C)CC1CSC=N1. The van der Waals surface area contributed by atoms with E-state index in [1.54, 1.807) is 0 Å². The van der Waals surface area contributed by atoms with Gasteiger partial charge in [-0.25, -0.2) is 0 Å². The zero-order valence-electron chi connectivity index (χ0n) is 6.92. The molecule has 0 bridgehead atoms. The Morgan fingerprint density at radius 2 is 2.30 bits per heavy atom. The normalized spacial score (nSPS) is 25.7. The summed E-state index contributed by atoms with van der Waals surface area (Å²) >= 11 is 1.83. The van der Waals surface area contributed by atoms with Crippen LogP contribution >= 0.6 is 11.8 Å². The van der Waals surface area contributed by atoms with Crippen molar-refractivity contribution in [3.05, 3.63) is 0 Å². The first kappa shape index (κ1) is 8.12. The third-order valence-electron chi connectivity index (χ3n) is 1.48. The minimum Gasteiger partial charge on any atom is -0.282 e. The smallest absolute Gasteiger partial charge is 0.0604 e. The Kier molecular flexibility index (Phi) is 2.40. The van der Waals surface area contributed by atoms with E-state index in [4.69, 9.17) is 0 Å². The van der Waals surface area contributed by atoms with E-state index in [-0.39, 0.29) is 0 Å². The molecule has 1 unspecified atom stereocenters. The van der Waals surface area contributed by atoms with Crippen LogP contribution in [-0.4, -0.2) is 17.3 Å². The molecule has 0 aliphatic carbocycles. The molecular weight excluding hydrogens is 142 g/mol. The molecule has 10 heavy (non-hydrogen) atoms. The molecule has 0 fully saturated rings. The summed E-state index contributed by atoms with van der Waals surface area (Å²) in [6.45, 7) is 6.81. The van der Waals surface area contributed by atoms with Crippen LogP contribution in [0.15, 0.2) is 4.99 Å². The molecule has 0 aromatic rings. The Bertz CT molecular complexity index is 135. The summed E-state index contributed by atoms with van der Waals surface area (Å²) < 4.78 is 0. The maximum absolute atomic E-state index is 4.36. The van der Waals surface area contributed by atoms with Crippen LogP contribution in [0.2, 0.25) is 0 Å². The van der Waals surface area contributed by atoms with E-state index < -0.39 is 0 Å². The molecule has 0 amide bonds. The quantitative estimate of drug-likeness (QED) is 0.570. The Morgan fingerprint density at radius 1 is 1.60 bits per heavy atom. The lowest BCUT2D eigenvalue weighted by Crippen LogP contribution is -2.15. The summed E-state index contributed by atoms with van der Waals surface area (Å²) in [6.07, 6.45) is 1.22. The first-order valence-corrected chi connectivity index (χ1v) is 4.76. The van der Waals surface area contributed by atoms with Gasteiger partial charge in [0.2, 0.25) is 0 Å². The highest BCUT2D eigenvalue weighted by Gasteiger charge is 2.19. The molecule has 0 spiro atoms. The summed E-state index contributed by atoms with van der Waals surface area (Å²) in [6, 6.07) is 0.588. The summed E-state index contributed by atoms with van der Waals surface area (Å²) in [4.78, 5) is 4.36. The van der Waals surface area contributed by atoms with Crippen LogP contribution in [0.4, 0.5) is 0 Å². The van der Waals surface area contributed by atoms with Crippen molar-refractivity contribution >= 4 is 17.3 Å². The van der Waals surface area contributed by atoms with E-state index in [2.05, 4.69) is 25.8 Å². The van der Waals surface area contributed by atoms with Crippen LogP contribution < -0.4 is 0 Å². The van der Waals surface area contributed by atoms with Gasteiger partial charge in [0.15, 0.2) is 0 Å². The predicted octanol–water partition coefficient (Wildman–Crippen LogP) is 2.57. The highest BCUT2D eigenvalue weighted by Crippen LogP contribution is 2.26. The van der Waals surface area contributed by atoms with Crippen molar-refractivity contribution in [1.29, 1.82) is 0 Å². The number of hydrogen-bond acceptors (Lipinski definition) is 2. The fourth-order valence-electron chi connectivity index (χ4n) is 1.14. The van der Waals surface area contributed by atoms with Gasteiger partial charge in [-0.1, -0.05) is 20.8 Å². The third kappa shape index (κ3) is 2.74. The molecule has 0 saturated carbocycles. The average molecular weight is 157 g/mol. The van der Waals surface area contributed by atoms with Gasteiger partial charge in [-0.05, 0) is 11.8 Å². The lowest BCUT2D eigenvalue weighted by Gasteiger charge is -2.20. The largest absolute Gasteiger partial charge is 0.282 e. The molecule has 0 aromatic heterocycles. The van der Waals surface area contributed by atoms with E-state index in [0.29, 0.717) is 11.5 Å². The number of nitrogens with zero attached hydrogens (tertiary/aromatic N) is 1. The molecule has 1 aliphatic heterocycles. The van der Waals surface area contributed by atoms with Crippen LogP contribution in [0.25, 0.3) is 0 Å². The first-order chi connectivity index (χ1) is 4.58. The lowest BCUT2D eigenvalue weighted by atomic mass is 9.89. The molecule has 1 nitrogen and oxygen atoms in total. The topological polar surface area (TPSA) is 12.4 Å². The van der Waals surface area contributed by atoms with Crippen molar-refractivity contribution in [2.24, 2.45) is 10.4 Å². The molecule has 1 rings (SSSR count). The number of hydrogen-bond donors (Lipinski definition) is 0. The third-order valence-corrected chi connectivity index (χ3v) is 2.33. The Morgan fingerprint density at radius 3 is 2.70 bits per heavy atom. The van der Waals surface area contributed by atoms with Crippen molar-refractivity contribution in [2.75, 3.05) is 5.75 Å². The van der Waals surface area contributed by atoms with E-state index in [0.717, 1.165) is 0 Å². The molecule has 0 N–H and O–H groups in total. The van der Waals surface area contributed by atoms with Gasteiger partial charge in [0.25, 0.3) is 0 Å². The Hall–Kier alpha value is 0.0200. The maximum Gasteiger partial charge on any atom is 0.0604 e. The summed E-state index contributed by atoms with van der Waals surface area (Å²) in [5.74, 6) is 1.19. The highest BCUT2D eigenvalue weighted by atomic mass is 32.2. The molecule has 1 atom stereocenters. The van der Waals surface area contributed by atoms with Gasteiger partial charge in [-0.2, -0.15) is 0 Å². The minimum atomic E-state index is 0.437. The van der Waals surface area contributed by atoms with Crippen molar-refractivity contribution in [2.45, 2.75) is 33.2 Å². The maximum atomic E-state index is 4.36. The van der Waals surface area contributed by atoms with Crippen LogP contribution in [0.3, 0.4) is 0 Å². The van der Waals surface area contributed by atoms with Crippen molar-refractivity contribution in [3.63, 3.8) is 0 Å². The van der Waals surface area contributed by atoms with Gasteiger partial charge < -0.3 is 0 Å².